The van der Waals surface area contributed by atoms with Crippen LogP contribution in [0.5, 0.6) is 0 Å². The van der Waals surface area contributed by atoms with Gasteiger partial charge in [0.05, 0.1) is 16.6 Å². The quantitative estimate of drug-likeness (QED) is 0.884. The molecule has 0 saturated heterocycles. The lowest BCUT2D eigenvalue weighted by molar-refractivity contribution is 0.0698. The largest absolute Gasteiger partial charge is 0.478 e. The zero-order valence-corrected chi connectivity index (χ0v) is 11.4. The minimum Gasteiger partial charge on any atom is -0.478 e. The molecule has 1 heterocycles. The third-order valence-electron chi connectivity index (χ3n) is 4.37. The predicted octanol–water partition coefficient (Wildman–Crippen LogP) is 2.78. The van der Waals surface area contributed by atoms with Crippen LogP contribution in [0.2, 0.25) is 0 Å². The zero-order valence-electron chi connectivity index (χ0n) is 11.4. The molecule has 0 aliphatic heterocycles. The second-order valence-corrected chi connectivity index (χ2v) is 5.64. The van der Waals surface area contributed by atoms with Gasteiger partial charge in [0.2, 0.25) is 0 Å². The molecule has 2 aromatic rings. The van der Waals surface area contributed by atoms with E-state index in [0.717, 1.165) is 19.3 Å². The number of carboxylic acid groups (broad SMARTS) is 1. The van der Waals surface area contributed by atoms with Crippen molar-refractivity contribution in [1.29, 1.82) is 0 Å². The molecule has 20 heavy (non-hydrogen) atoms. The van der Waals surface area contributed by atoms with E-state index in [1.807, 2.05) is 0 Å². The standard InChI is InChI=1S/C15H18N2O3/c1-9-5-2-3-8-12(9)17-13-10(14(18)19)6-4-7-11(13)16-15(17)20/h4,6-7,9,12H,2-3,5,8H2,1H3,(H,16,20)(H,18,19). The van der Waals surface area contributed by atoms with E-state index in [-0.39, 0.29) is 17.3 Å². The number of aromatic nitrogens is 2. The average Bonchev–Trinajstić information content (AvgIpc) is 2.75. The van der Waals surface area contributed by atoms with Gasteiger partial charge in [-0.2, -0.15) is 0 Å². The maximum Gasteiger partial charge on any atom is 0.337 e. The molecule has 2 N–H and O–H groups in total. The molecule has 0 spiro atoms. The van der Waals surface area contributed by atoms with Gasteiger partial charge in [-0.3, -0.25) is 4.57 Å². The Bertz CT molecular complexity index is 713. The van der Waals surface area contributed by atoms with Crippen molar-refractivity contribution < 1.29 is 9.90 Å². The fraction of sp³-hybridized carbons (Fsp3) is 0.467. The first-order chi connectivity index (χ1) is 9.59. The Hall–Kier alpha value is -2.04. The van der Waals surface area contributed by atoms with E-state index in [1.54, 1.807) is 22.8 Å². The molecule has 3 rings (SSSR count). The molecule has 2 unspecified atom stereocenters. The molecule has 1 aromatic carbocycles. The van der Waals surface area contributed by atoms with Crippen molar-refractivity contribution >= 4 is 17.0 Å². The van der Waals surface area contributed by atoms with Gasteiger partial charge in [0.15, 0.2) is 0 Å². The molecule has 5 heteroatoms. The van der Waals surface area contributed by atoms with Gasteiger partial charge in [0.25, 0.3) is 0 Å². The predicted molar refractivity (Wildman–Crippen MR) is 76.2 cm³/mol. The molecule has 1 aromatic heterocycles. The van der Waals surface area contributed by atoms with E-state index in [1.165, 1.54) is 6.42 Å². The lowest BCUT2D eigenvalue weighted by Gasteiger charge is -2.29. The number of nitrogens with one attached hydrogen (secondary N) is 1. The SMILES string of the molecule is CC1CCCCC1n1c(=O)[nH]c2cccc(C(=O)O)c21. The van der Waals surface area contributed by atoms with Crippen LogP contribution in [0.3, 0.4) is 0 Å². The van der Waals surface area contributed by atoms with Crippen LogP contribution in [-0.4, -0.2) is 20.6 Å². The van der Waals surface area contributed by atoms with E-state index in [4.69, 9.17) is 0 Å². The molecule has 2 atom stereocenters. The number of nitrogens with zero attached hydrogens (tertiary/aromatic N) is 1. The Labute approximate surface area is 116 Å². The summed E-state index contributed by atoms with van der Waals surface area (Å²) in [6.07, 6.45) is 4.28. The van der Waals surface area contributed by atoms with Gasteiger partial charge in [-0.15, -0.1) is 0 Å². The Balaban J connectivity index is 2.26. The number of rotatable bonds is 2. The van der Waals surface area contributed by atoms with Crippen LogP contribution in [0, 0.1) is 5.92 Å². The lowest BCUT2D eigenvalue weighted by Crippen LogP contribution is -2.29. The highest BCUT2D eigenvalue weighted by Crippen LogP contribution is 2.34. The number of para-hydroxylation sites is 1. The number of benzene rings is 1. The topological polar surface area (TPSA) is 75.1 Å². The fourth-order valence-electron chi connectivity index (χ4n) is 3.35. The lowest BCUT2D eigenvalue weighted by atomic mass is 9.85. The molecule has 0 amide bonds. The van der Waals surface area contributed by atoms with Gasteiger partial charge in [-0.25, -0.2) is 9.59 Å². The third kappa shape index (κ3) is 1.94. The Morgan fingerprint density at radius 1 is 1.35 bits per heavy atom. The van der Waals surface area contributed by atoms with Crippen LogP contribution < -0.4 is 5.69 Å². The molecule has 5 nitrogen and oxygen atoms in total. The van der Waals surface area contributed by atoms with Gasteiger partial charge < -0.3 is 10.1 Å². The van der Waals surface area contributed by atoms with Crippen LogP contribution in [0.25, 0.3) is 11.0 Å². The number of fused-ring (bicyclic) bond motifs is 1. The van der Waals surface area contributed by atoms with Gasteiger partial charge in [-0.1, -0.05) is 25.8 Å². The first kappa shape index (κ1) is 13.0. The summed E-state index contributed by atoms with van der Waals surface area (Å²) in [4.78, 5) is 26.5. The van der Waals surface area contributed by atoms with Crippen LogP contribution >= 0.6 is 0 Å². The Morgan fingerprint density at radius 2 is 2.10 bits per heavy atom. The summed E-state index contributed by atoms with van der Waals surface area (Å²) in [7, 11) is 0. The number of imidazole rings is 1. The van der Waals surface area contributed by atoms with Crippen molar-refractivity contribution in [2.45, 2.75) is 38.6 Å². The summed E-state index contributed by atoms with van der Waals surface area (Å²) < 4.78 is 1.67. The molecule has 1 aliphatic carbocycles. The van der Waals surface area contributed by atoms with Crippen LogP contribution in [0.4, 0.5) is 0 Å². The monoisotopic (exact) mass is 274 g/mol. The number of aromatic carboxylic acids is 1. The fourth-order valence-corrected chi connectivity index (χ4v) is 3.35. The summed E-state index contributed by atoms with van der Waals surface area (Å²) in [5.41, 5.74) is 1.13. The van der Waals surface area contributed by atoms with Gasteiger partial charge >= 0.3 is 11.7 Å². The van der Waals surface area contributed by atoms with E-state index in [0.29, 0.717) is 17.0 Å². The summed E-state index contributed by atoms with van der Waals surface area (Å²) in [6, 6.07) is 5.07. The summed E-state index contributed by atoms with van der Waals surface area (Å²) in [5.74, 6) is -0.603. The molecule has 1 fully saturated rings. The van der Waals surface area contributed by atoms with Crippen LogP contribution in [0.1, 0.15) is 49.0 Å². The van der Waals surface area contributed by atoms with Crippen molar-refractivity contribution in [2.75, 3.05) is 0 Å². The van der Waals surface area contributed by atoms with Crippen molar-refractivity contribution in [1.82, 2.24) is 9.55 Å². The molecule has 1 aliphatic rings. The highest BCUT2D eigenvalue weighted by molar-refractivity contribution is 6.01. The van der Waals surface area contributed by atoms with Crippen LogP contribution in [0.15, 0.2) is 23.0 Å². The maximum atomic E-state index is 12.3. The Kier molecular flexibility index (Phi) is 3.12. The Morgan fingerprint density at radius 3 is 2.80 bits per heavy atom. The smallest absolute Gasteiger partial charge is 0.337 e. The van der Waals surface area contributed by atoms with E-state index in [9.17, 15) is 14.7 Å². The normalized spacial score (nSPS) is 23.1. The molecule has 0 radical (unpaired) electrons. The molecular formula is C15H18N2O3. The van der Waals surface area contributed by atoms with Crippen molar-refractivity contribution in [2.24, 2.45) is 5.92 Å². The van der Waals surface area contributed by atoms with E-state index < -0.39 is 5.97 Å². The number of aromatic amines is 1. The number of hydrogen-bond acceptors (Lipinski definition) is 2. The van der Waals surface area contributed by atoms with E-state index in [2.05, 4.69) is 11.9 Å². The number of carboxylic acids is 1. The van der Waals surface area contributed by atoms with Crippen molar-refractivity contribution in [3.05, 3.63) is 34.2 Å². The van der Waals surface area contributed by atoms with E-state index >= 15 is 0 Å². The first-order valence-electron chi connectivity index (χ1n) is 7.06. The molecule has 1 saturated carbocycles. The number of carbonyl (C=O) groups is 1. The molecule has 106 valence electrons. The first-order valence-corrected chi connectivity index (χ1v) is 7.06. The average molecular weight is 274 g/mol. The summed E-state index contributed by atoms with van der Waals surface area (Å²) in [6.45, 7) is 2.14. The second-order valence-electron chi connectivity index (χ2n) is 5.64. The second kappa shape index (κ2) is 4.81. The minimum atomic E-state index is -0.994. The number of H-pyrrole nitrogens is 1. The van der Waals surface area contributed by atoms with Crippen molar-refractivity contribution in [3.8, 4) is 0 Å². The number of hydrogen-bond donors (Lipinski definition) is 2. The minimum absolute atomic E-state index is 0.0884. The zero-order chi connectivity index (χ0) is 14.3. The van der Waals surface area contributed by atoms with Crippen molar-refractivity contribution in [3.63, 3.8) is 0 Å². The maximum absolute atomic E-state index is 12.3. The van der Waals surface area contributed by atoms with Gasteiger partial charge in [0, 0.05) is 6.04 Å². The summed E-state index contributed by atoms with van der Waals surface area (Å²) >= 11 is 0. The van der Waals surface area contributed by atoms with Gasteiger partial charge in [-0.05, 0) is 30.9 Å². The van der Waals surface area contributed by atoms with Crippen LogP contribution in [-0.2, 0) is 0 Å². The molecular weight excluding hydrogens is 256 g/mol. The summed E-state index contributed by atoms with van der Waals surface area (Å²) in [5, 5.41) is 9.35. The highest BCUT2D eigenvalue weighted by atomic mass is 16.4. The van der Waals surface area contributed by atoms with Gasteiger partial charge in [0.1, 0.15) is 0 Å². The third-order valence-corrected chi connectivity index (χ3v) is 4.37. The highest BCUT2D eigenvalue weighted by Gasteiger charge is 2.27. The molecule has 0 bridgehead atoms.